The smallest absolute Gasteiger partial charge is 0.255 e. The van der Waals surface area contributed by atoms with Crippen LogP contribution in [0.15, 0.2) is 35.3 Å². The predicted molar refractivity (Wildman–Crippen MR) is 70.0 cm³/mol. The molecular formula is C14H19NO. The Morgan fingerprint density at radius 1 is 1.06 bits per heavy atom. The highest BCUT2D eigenvalue weighted by atomic mass is 16.1. The van der Waals surface area contributed by atoms with Crippen LogP contribution in [0.5, 0.6) is 0 Å². The summed E-state index contributed by atoms with van der Waals surface area (Å²) >= 11 is 0. The van der Waals surface area contributed by atoms with Crippen molar-refractivity contribution in [1.82, 2.24) is 4.98 Å². The molecule has 0 bridgehead atoms. The Morgan fingerprint density at radius 3 is 2.38 bits per heavy atom. The fraction of sp³-hybridized carbons (Fsp3) is 0.357. The fourth-order valence-corrected chi connectivity index (χ4v) is 1.75. The van der Waals surface area contributed by atoms with Crippen molar-refractivity contribution in [3.8, 4) is 0 Å². The van der Waals surface area contributed by atoms with Crippen molar-refractivity contribution in [2.75, 3.05) is 0 Å². The molecule has 0 fully saturated rings. The van der Waals surface area contributed by atoms with Crippen molar-refractivity contribution in [3.63, 3.8) is 0 Å². The minimum Gasteiger partial charge on any atom is -0.329 e. The van der Waals surface area contributed by atoms with Crippen LogP contribution in [0.2, 0.25) is 0 Å². The number of aromatic amines is 1. The van der Waals surface area contributed by atoms with Crippen LogP contribution in [0.1, 0.15) is 39.2 Å². The van der Waals surface area contributed by atoms with E-state index in [0.29, 0.717) is 5.92 Å². The molecule has 2 heteroatoms. The quantitative estimate of drug-likeness (QED) is 0.776. The molecule has 0 unspecified atom stereocenters. The second kappa shape index (κ2) is 5.50. The van der Waals surface area contributed by atoms with Crippen molar-refractivity contribution < 1.29 is 0 Å². The van der Waals surface area contributed by atoms with Gasteiger partial charge in [-0.1, -0.05) is 39.8 Å². The highest BCUT2D eigenvalue weighted by Gasteiger charge is 2.05. The molecule has 1 heterocycles. The number of fused-ring (bicyclic) bond motifs is 1. The van der Waals surface area contributed by atoms with Gasteiger partial charge in [-0.2, -0.15) is 0 Å². The minimum atomic E-state index is -0.00926. The zero-order valence-corrected chi connectivity index (χ0v) is 10.4. The van der Waals surface area contributed by atoms with Gasteiger partial charge >= 0.3 is 0 Å². The third kappa shape index (κ3) is 2.32. The lowest BCUT2D eigenvalue weighted by Crippen LogP contribution is -2.05. The second-order valence-electron chi connectivity index (χ2n) is 3.77. The van der Waals surface area contributed by atoms with E-state index in [9.17, 15) is 4.79 Å². The van der Waals surface area contributed by atoms with E-state index in [-0.39, 0.29) is 5.56 Å². The van der Waals surface area contributed by atoms with E-state index in [0.717, 1.165) is 10.8 Å². The van der Waals surface area contributed by atoms with Crippen LogP contribution in [0.4, 0.5) is 0 Å². The van der Waals surface area contributed by atoms with E-state index < -0.39 is 0 Å². The lowest BCUT2D eigenvalue weighted by Gasteiger charge is -2.08. The van der Waals surface area contributed by atoms with Gasteiger partial charge in [-0.25, -0.2) is 0 Å². The van der Waals surface area contributed by atoms with Crippen LogP contribution < -0.4 is 5.56 Å². The van der Waals surface area contributed by atoms with Gasteiger partial charge < -0.3 is 4.98 Å². The zero-order chi connectivity index (χ0) is 12.1. The Balaban J connectivity index is 0.000000606. The van der Waals surface area contributed by atoms with E-state index in [4.69, 9.17) is 0 Å². The molecule has 0 amide bonds. The van der Waals surface area contributed by atoms with Crippen molar-refractivity contribution >= 4 is 10.8 Å². The van der Waals surface area contributed by atoms with Gasteiger partial charge in [0.15, 0.2) is 0 Å². The van der Waals surface area contributed by atoms with Gasteiger partial charge in [-0.3, -0.25) is 4.79 Å². The summed E-state index contributed by atoms with van der Waals surface area (Å²) in [6.07, 6.45) is 1.70. The molecule has 0 aliphatic rings. The third-order valence-corrected chi connectivity index (χ3v) is 2.47. The summed E-state index contributed by atoms with van der Waals surface area (Å²) in [7, 11) is 0. The molecule has 0 atom stereocenters. The van der Waals surface area contributed by atoms with Crippen LogP contribution in [0.3, 0.4) is 0 Å². The lowest BCUT2D eigenvalue weighted by molar-refractivity contribution is 0.876. The molecule has 0 saturated carbocycles. The number of H-pyrrole nitrogens is 1. The summed E-state index contributed by atoms with van der Waals surface area (Å²) in [4.78, 5) is 14.2. The maximum Gasteiger partial charge on any atom is 0.255 e. The molecule has 86 valence electrons. The van der Waals surface area contributed by atoms with Crippen molar-refractivity contribution in [1.29, 1.82) is 0 Å². The average molecular weight is 217 g/mol. The summed E-state index contributed by atoms with van der Waals surface area (Å²) in [6.45, 7) is 8.27. The minimum absolute atomic E-state index is 0.00926. The summed E-state index contributed by atoms with van der Waals surface area (Å²) < 4.78 is 0. The van der Waals surface area contributed by atoms with E-state index in [1.165, 1.54) is 5.56 Å². The van der Waals surface area contributed by atoms with Crippen LogP contribution in [0.25, 0.3) is 10.8 Å². The monoisotopic (exact) mass is 217 g/mol. The third-order valence-electron chi connectivity index (χ3n) is 2.47. The Morgan fingerprint density at radius 2 is 1.75 bits per heavy atom. The second-order valence-corrected chi connectivity index (χ2v) is 3.77. The van der Waals surface area contributed by atoms with Crippen LogP contribution in [-0.2, 0) is 0 Å². The van der Waals surface area contributed by atoms with E-state index in [2.05, 4.69) is 24.9 Å². The SMILES string of the molecule is CC.CC(C)c1cccc2c(=O)[nH]ccc12. The summed E-state index contributed by atoms with van der Waals surface area (Å²) in [5.74, 6) is 0.445. The van der Waals surface area contributed by atoms with Crippen LogP contribution in [-0.4, -0.2) is 4.98 Å². The lowest BCUT2D eigenvalue weighted by atomic mass is 9.97. The topological polar surface area (TPSA) is 32.9 Å². The molecule has 1 aromatic carbocycles. The standard InChI is InChI=1S/C12H13NO.C2H6/c1-8(2)9-4-3-5-11-10(9)6-7-13-12(11)14;1-2/h3-8H,1-2H3,(H,13,14);1-2H3. The van der Waals surface area contributed by atoms with Gasteiger partial charge in [0.2, 0.25) is 0 Å². The maximum atomic E-state index is 11.5. The molecule has 2 rings (SSSR count). The summed E-state index contributed by atoms with van der Waals surface area (Å²) in [5, 5.41) is 1.84. The van der Waals surface area contributed by atoms with Gasteiger partial charge in [0, 0.05) is 11.6 Å². The first-order valence-electron chi connectivity index (χ1n) is 5.80. The molecule has 0 aliphatic heterocycles. The van der Waals surface area contributed by atoms with Gasteiger partial charge in [0.05, 0.1) is 0 Å². The number of aromatic nitrogens is 1. The molecule has 1 aromatic heterocycles. The summed E-state index contributed by atoms with van der Waals surface area (Å²) in [6, 6.07) is 7.84. The number of pyridine rings is 1. The van der Waals surface area contributed by atoms with Crippen molar-refractivity contribution in [3.05, 3.63) is 46.4 Å². The van der Waals surface area contributed by atoms with Gasteiger partial charge in [0.1, 0.15) is 0 Å². The van der Waals surface area contributed by atoms with E-state index in [1.54, 1.807) is 6.20 Å². The molecule has 0 saturated heterocycles. The Bertz CT molecular complexity index is 511. The van der Waals surface area contributed by atoms with Crippen molar-refractivity contribution in [2.45, 2.75) is 33.6 Å². The Kier molecular flexibility index (Phi) is 4.29. The van der Waals surface area contributed by atoms with E-state index in [1.807, 2.05) is 32.0 Å². The Labute approximate surface area is 96.3 Å². The normalized spacial score (nSPS) is 10.1. The molecule has 0 aliphatic carbocycles. The molecule has 1 N–H and O–H groups in total. The molecule has 0 radical (unpaired) electrons. The number of hydrogen-bond donors (Lipinski definition) is 1. The van der Waals surface area contributed by atoms with Crippen molar-refractivity contribution in [2.24, 2.45) is 0 Å². The number of hydrogen-bond acceptors (Lipinski definition) is 1. The average Bonchev–Trinajstić information content (AvgIpc) is 2.31. The Hall–Kier alpha value is -1.57. The molecule has 2 nitrogen and oxygen atoms in total. The largest absolute Gasteiger partial charge is 0.329 e. The highest BCUT2D eigenvalue weighted by molar-refractivity contribution is 5.85. The van der Waals surface area contributed by atoms with Gasteiger partial charge in [0.25, 0.3) is 5.56 Å². The van der Waals surface area contributed by atoms with Gasteiger partial charge in [-0.15, -0.1) is 0 Å². The highest BCUT2D eigenvalue weighted by Crippen LogP contribution is 2.22. The zero-order valence-electron chi connectivity index (χ0n) is 10.4. The number of benzene rings is 1. The van der Waals surface area contributed by atoms with Gasteiger partial charge in [-0.05, 0) is 29.0 Å². The first-order valence-corrected chi connectivity index (χ1v) is 5.80. The number of rotatable bonds is 1. The van der Waals surface area contributed by atoms with Crippen LogP contribution in [0, 0.1) is 0 Å². The predicted octanol–water partition coefficient (Wildman–Crippen LogP) is 3.68. The maximum absolute atomic E-state index is 11.5. The molecule has 2 aromatic rings. The first kappa shape index (κ1) is 12.5. The molecule has 16 heavy (non-hydrogen) atoms. The fourth-order valence-electron chi connectivity index (χ4n) is 1.75. The number of nitrogens with one attached hydrogen (secondary N) is 1. The van der Waals surface area contributed by atoms with Crippen LogP contribution >= 0.6 is 0 Å². The van der Waals surface area contributed by atoms with E-state index >= 15 is 0 Å². The molecular weight excluding hydrogens is 198 g/mol. The molecule has 0 spiro atoms. The first-order chi connectivity index (χ1) is 7.70. The summed E-state index contributed by atoms with van der Waals surface area (Å²) in [5.41, 5.74) is 1.22.